The third kappa shape index (κ3) is 3.46. The summed E-state index contributed by atoms with van der Waals surface area (Å²) in [6.07, 6.45) is -1.51. The van der Waals surface area contributed by atoms with Gasteiger partial charge in [-0.1, -0.05) is 0 Å². The van der Waals surface area contributed by atoms with Crippen LogP contribution >= 0.6 is 24.8 Å². The summed E-state index contributed by atoms with van der Waals surface area (Å²) in [7, 11) is 0. The number of non-ortho nitro benzene ring substituents is 1. The predicted molar refractivity (Wildman–Crippen MR) is 71.8 cm³/mol. The Bertz CT molecular complexity index is 391. The number of nitro benzene ring substituents is 1. The molecular weight excluding hydrogens is 283 g/mol. The zero-order chi connectivity index (χ0) is 11.7. The van der Waals surface area contributed by atoms with Crippen molar-refractivity contribution in [3.8, 4) is 0 Å². The molecule has 1 aromatic rings. The van der Waals surface area contributed by atoms with Crippen molar-refractivity contribution in [2.45, 2.75) is 12.2 Å². The van der Waals surface area contributed by atoms with E-state index in [2.05, 4.69) is 0 Å². The van der Waals surface area contributed by atoms with E-state index in [4.69, 9.17) is 0 Å². The normalized spacial score (nSPS) is 22.0. The largest absolute Gasteiger partial charge is 0.389 e. The summed E-state index contributed by atoms with van der Waals surface area (Å²) in [5.41, 5.74) is 0.797. The molecule has 18 heavy (non-hydrogen) atoms. The number of β-amino-alcohol motifs (C(OH)–C–C–N with tert-alkyl or cyclic N) is 2. The standard InChI is InChI=1S/C10H12N2O4.2ClH/c13-9-5-11(6-10(9)14)7-1-3-8(4-2-7)12(15)16;;/h1-4,9-10,13-14H,5-6H2;2*1H. The summed E-state index contributed by atoms with van der Waals surface area (Å²) < 4.78 is 0. The van der Waals surface area contributed by atoms with Gasteiger partial charge < -0.3 is 15.1 Å². The molecule has 0 spiro atoms. The van der Waals surface area contributed by atoms with E-state index in [1.54, 1.807) is 17.0 Å². The van der Waals surface area contributed by atoms with E-state index in [9.17, 15) is 20.3 Å². The molecular formula is C10H14Cl2N2O4. The number of anilines is 1. The van der Waals surface area contributed by atoms with E-state index in [0.717, 1.165) is 5.69 Å². The van der Waals surface area contributed by atoms with Crippen molar-refractivity contribution >= 4 is 36.2 Å². The Kier molecular flexibility index (Phi) is 6.34. The topological polar surface area (TPSA) is 86.8 Å². The highest BCUT2D eigenvalue weighted by Crippen LogP contribution is 2.23. The van der Waals surface area contributed by atoms with E-state index >= 15 is 0 Å². The summed E-state index contributed by atoms with van der Waals surface area (Å²) in [6.45, 7) is 0.692. The van der Waals surface area contributed by atoms with E-state index < -0.39 is 17.1 Å². The molecule has 0 bridgehead atoms. The molecule has 1 heterocycles. The van der Waals surface area contributed by atoms with Crippen LogP contribution in [-0.2, 0) is 0 Å². The molecule has 102 valence electrons. The number of halogens is 2. The molecule has 1 saturated heterocycles. The van der Waals surface area contributed by atoms with Crippen LogP contribution in [0.2, 0.25) is 0 Å². The predicted octanol–water partition coefficient (Wildman–Crippen LogP) is 0.980. The van der Waals surface area contributed by atoms with Crippen LogP contribution in [0.15, 0.2) is 24.3 Å². The molecule has 0 aliphatic carbocycles. The third-order valence-corrected chi connectivity index (χ3v) is 2.68. The van der Waals surface area contributed by atoms with Gasteiger partial charge in [0.1, 0.15) is 0 Å². The van der Waals surface area contributed by atoms with Gasteiger partial charge in [0.25, 0.3) is 5.69 Å². The molecule has 1 fully saturated rings. The lowest BCUT2D eigenvalue weighted by Crippen LogP contribution is -2.22. The molecule has 1 aromatic carbocycles. The fourth-order valence-corrected chi connectivity index (χ4v) is 1.77. The van der Waals surface area contributed by atoms with Gasteiger partial charge in [0.2, 0.25) is 0 Å². The first-order chi connectivity index (χ1) is 7.58. The number of nitrogens with zero attached hydrogens (tertiary/aromatic N) is 2. The highest BCUT2D eigenvalue weighted by atomic mass is 35.5. The van der Waals surface area contributed by atoms with E-state index in [0.29, 0.717) is 13.1 Å². The van der Waals surface area contributed by atoms with Crippen LogP contribution in [0.4, 0.5) is 11.4 Å². The highest BCUT2D eigenvalue weighted by molar-refractivity contribution is 5.85. The van der Waals surface area contributed by atoms with Crippen LogP contribution < -0.4 is 4.90 Å². The van der Waals surface area contributed by atoms with Crippen molar-refractivity contribution in [1.82, 2.24) is 0 Å². The summed E-state index contributed by atoms with van der Waals surface area (Å²) in [6, 6.07) is 6.05. The molecule has 6 nitrogen and oxygen atoms in total. The maximum atomic E-state index is 10.4. The minimum atomic E-state index is -0.754. The third-order valence-electron chi connectivity index (χ3n) is 2.68. The second-order valence-electron chi connectivity index (χ2n) is 3.81. The summed E-state index contributed by atoms with van der Waals surface area (Å²) in [4.78, 5) is 11.8. The molecule has 2 atom stereocenters. The van der Waals surface area contributed by atoms with Gasteiger partial charge in [0.15, 0.2) is 0 Å². The first-order valence-electron chi connectivity index (χ1n) is 4.93. The quantitative estimate of drug-likeness (QED) is 0.627. The molecule has 2 N–H and O–H groups in total. The molecule has 0 aromatic heterocycles. The average molecular weight is 297 g/mol. The summed E-state index contributed by atoms with van der Waals surface area (Å²) in [5.74, 6) is 0. The van der Waals surface area contributed by atoms with Crippen molar-refractivity contribution < 1.29 is 15.1 Å². The smallest absolute Gasteiger partial charge is 0.269 e. The van der Waals surface area contributed by atoms with Crippen molar-refractivity contribution in [3.05, 3.63) is 34.4 Å². The number of aliphatic hydroxyl groups is 2. The number of nitro groups is 1. The first-order valence-corrected chi connectivity index (χ1v) is 4.93. The van der Waals surface area contributed by atoms with Gasteiger partial charge >= 0.3 is 0 Å². The Morgan fingerprint density at radius 2 is 1.56 bits per heavy atom. The first kappa shape index (κ1) is 16.9. The molecule has 1 aliphatic heterocycles. The van der Waals surface area contributed by atoms with E-state index in [-0.39, 0.29) is 30.5 Å². The van der Waals surface area contributed by atoms with Crippen LogP contribution in [-0.4, -0.2) is 40.4 Å². The summed E-state index contributed by atoms with van der Waals surface area (Å²) >= 11 is 0. The molecule has 0 saturated carbocycles. The Morgan fingerprint density at radius 1 is 1.11 bits per heavy atom. The average Bonchev–Trinajstić information content (AvgIpc) is 2.59. The van der Waals surface area contributed by atoms with Gasteiger partial charge in [0, 0.05) is 30.9 Å². The van der Waals surface area contributed by atoms with Crippen LogP contribution in [0.1, 0.15) is 0 Å². The number of rotatable bonds is 2. The van der Waals surface area contributed by atoms with Crippen LogP contribution in [0.3, 0.4) is 0 Å². The minimum Gasteiger partial charge on any atom is -0.389 e. The fourth-order valence-electron chi connectivity index (χ4n) is 1.77. The molecule has 0 amide bonds. The Morgan fingerprint density at radius 3 is 1.94 bits per heavy atom. The van der Waals surface area contributed by atoms with Crippen molar-refractivity contribution in [2.75, 3.05) is 18.0 Å². The lowest BCUT2D eigenvalue weighted by molar-refractivity contribution is -0.384. The van der Waals surface area contributed by atoms with Crippen molar-refractivity contribution in [1.29, 1.82) is 0 Å². The second-order valence-corrected chi connectivity index (χ2v) is 3.81. The SMILES string of the molecule is Cl.Cl.O=[N+]([O-])c1ccc(N2CC(O)C(O)C2)cc1. The Balaban J connectivity index is 0.00000144. The van der Waals surface area contributed by atoms with Crippen molar-refractivity contribution in [2.24, 2.45) is 0 Å². The molecule has 2 rings (SSSR count). The van der Waals surface area contributed by atoms with Gasteiger partial charge in [-0.25, -0.2) is 0 Å². The molecule has 8 heteroatoms. The lowest BCUT2D eigenvalue weighted by atomic mass is 10.2. The zero-order valence-electron chi connectivity index (χ0n) is 9.30. The monoisotopic (exact) mass is 296 g/mol. The number of aliphatic hydroxyl groups excluding tert-OH is 2. The molecule has 0 radical (unpaired) electrons. The van der Waals surface area contributed by atoms with Gasteiger partial charge in [-0.2, -0.15) is 0 Å². The fraction of sp³-hybridized carbons (Fsp3) is 0.400. The van der Waals surface area contributed by atoms with Gasteiger partial charge in [0.05, 0.1) is 17.1 Å². The Hall–Kier alpha value is -1.08. The molecule has 1 aliphatic rings. The van der Waals surface area contributed by atoms with E-state index in [1.807, 2.05) is 0 Å². The minimum absolute atomic E-state index is 0. The molecule has 2 unspecified atom stereocenters. The van der Waals surface area contributed by atoms with E-state index in [1.165, 1.54) is 12.1 Å². The van der Waals surface area contributed by atoms with Gasteiger partial charge in [-0.05, 0) is 12.1 Å². The van der Waals surface area contributed by atoms with Crippen LogP contribution in [0.25, 0.3) is 0 Å². The maximum Gasteiger partial charge on any atom is 0.269 e. The van der Waals surface area contributed by atoms with Gasteiger partial charge in [-0.3, -0.25) is 10.1 Å². The second kappa shape index (κ2) is 6.75. The highest BCUT2D eigenvalue weighted by Gasteiger charge is 2.29. The number of hydrogen-bond acceptors (Lipinski definition) is 5. The lowest BCUT2D eigenvalue weighted by Gasteiger charge is -2.16. The van der Waals surface area contributed by atoms with Crippen LogP contribution in [0, 0.1) is 10.1 Å². The Labute approximate surface area is 116 Å². The summed E-state index contributed by atoms with van der Waals surface area (Å²) in [5, 5.41) is 29.2. The zero-order valence-corrected chi connectivity index (χ0v) is 10.9. The maximum absolute atomic E-state index is 10.4. The number of hydrogen-bond donors (Lipinski definition) is 2. The van der Waals surface area contributed by atoms with Crippen molar-refractivity contribution in [3.63, 3.8) is 0 Å². The van der Waals surface area contributed by atoms with Gasteiger partial charge in [-0.15, -0.1) is 24.8 Å². The van der Waals surface area contributed by atoms with Crippen LogP contribution in [0.5, 0.6) is 0 Å². The number of benzene rings is 1.